The zero-order valence-corrected chi connectivity index (χ0v) is 18.3. The average Bonchev–Trinajstić information content (AvgIpc) is 2.76. The largest absolute Gasteiger partial charge is 0.492 e. The fourth-order valence-corrected chi connectivity index (χ4v) is 3.85. The first-order valence-electron chi connectivity index (χ1n) is 10.9. The molecular formula is C25H31N3O3. The van der Waals surface area contributed by atoms with Crippen molar-refractivity contribution < 1.29 is 14.6 Å². The highest BCUT2D eigenvalue weighted by Crippen LogP contribution is 2.24. The van der Waals surface area contributed by atoms with E-state index in [1.807, 2.05) is 56.6 Å². The maximum absolute atomic E-state index is 10.7. The maximum atomic E-state index is 10.7. The number of aliphatic hydroxyl groups excluding tert-OH is 1. The Hall–Kier alpha value is -2.67. The Morgan fingerprint density at radius 3 is 2.68 bits per heavy atom. The van der Waals surface area contributed by atoms with Crippen molar-refractivity contribution in [1.82, 2.24) is 14.8 Å². The van der Waals surface area contributed by atoms with Gasteiger partial charge in [0.05, 0.1) is 5.52 Å². The molecule has 0 bridgehead atoms. The second kappa shape index (κ2) is 10.1. The molecule has 1 aliphatic heterocycles. The molecular weight excluding hydrogens is 390 g/mol. The summed E-state index contributed by atoms with van der Waals surface area (Å²) in [6.07, 6.45) is 1.86. The first-order chi connectivity index (χ1) is 15.1. The molecule has 0 unspecified atom stereocenters. The van der Waals surface area contributed by atoms with E-state index in [4.69, 9.17) is 9.47 Å². The van der Waals surface area contributed by atoms with Crippen molar-refractivity contribution >= 4 is 10.9 Å². The average molecular weight is 422 g/mol. The molecule has 0 saturated carbocycles. The zero-order valence-electron chi connectivity index (χ0n) is 18.3. The fraction of sp³-hybridized carbons (Fsp3) is 0.400. The summed E-state index contributed by atoms with van der Waals surface area (Å²) in [5.74, 6) is 1.67. The molecule has 4 rings (SSSR count). The Balaban J connectivity index is 1.27. The van der Waals surface area contributed by atoms with Gasteiger partial charge in [0.1, 0.15) is 30.3 Å². The summed E-state index contributed by atoms with van der Waals surface area (Å²) in [6, 6.07) is 18.1. The Labute approximate surface area is 184 Å². The third-order valence-electron chi connectivity index (χ3n) is 5.60. The lowest BCUT2D eigenvalue weighted by Crippen LogP contribution is -2.48. The van der Waals surface area contributed by atoms with Crippen molar-refractivity contribution in [1.29, 1.82) is 0 Å². The van der Waals surface area contributed by atoms with E-state index in [0.29, 0.717) is 13.2 Å². The predicted octanol–water partition coefficient (Wildman–Crippen LogP) is 3.19. The number of piperidine rings is 1. The van der Waals surface area contributed by atoms with Crippen LogP contribution in [0.15, 0.2) is 60.8 Å². The summed E-state index contributed by atoms with van der Waals surface area (Å²) in [5.41, 5.74) is 2.16. The van der Waals surface area contributed by atoms with Crippen LogP contribution < -0.4 is 9.47 Å². The third-order valence-corrected chi connectivity index (χ3v) is 5.60. The lowest BCUT2D eigenvalue weighted by molar-refractivity contribution is -0.0274. The number of nitrogens with zero attached hydrogens (tertiary/aromatic N) is 3. The molecule has 1 aromatic heterocycles. The van der Waals surface area contributed by atoms with E-state index in [1.54, 1.807) is 6.20 Å². The molecule has 164 valence electrons. The summed E-state index contributed by atoms with van der Waals surface area (Å²) in [6.45, 7) is 3.87. The summed E-state index contributed by atoms with van der Waals surface area (Å²) in [4.78, 5) is 8.72. The molecule has 2 heterocycles. The van der Waals surface area contributed by atoms with Gasteiger partial charge in [-0.2, -0.15) is 0 Å². The van der Waals surface area contributed by atoms with Gasteiger partial charge in [-0.1, -0.05) is 18.2 Å². The van der Waals surface area contributed by atoms with Crippen LogP contribution in [0.2, 0.25) is 0 Å². The quantitative estimate of drug-likeness (QED) is 0.603. The zero-order chi connectivity index (χ0) is 21.6. The van der Waals surface area contributed by atoms with Gasteiger partial charge in [0.15, 0.2) is 0 Å². The predicted molar refractivity (Wildman–Crippen MR) is 123 cm³/mol. The van der Waals surface area contributed by atoms with Crippen LogP contribution in [0.1, 0.15) is 12.0 Å². The SMILES string of the molecule is CN(C)CCOc1ccc(CN2CC[C@@H](Oc3ccc4ncccc4c3)[C@H](O)C2)cc1. The molecule has 0 radical (unpaired) electrons. The maximum Gasteiger partial charge on any atom is 0.127 e. The van der Waals surface area contributed by atoms with Gasteiger partial charge in [0.2, 0.25) is 0 Å². The standard InChI is InChI=1S/C25H31N3O3/c1-27(2)14-15-30-21-7-5-19(6-8-21)17-28-13-11-25(24(29)18-28)31-22-9-10-23-20(16-22)4-3-12-26-23/h3-10,12,16,24-25,29H,11,13-15,17-18H2,1-2H3/t24-,25-/m1/s1. The van der Waals surface area contributed by atoms with Gasteiger partial charge in [-0.25, -0.2) is 0 Å². The number of benzene rings is 2. The van der Waals surface area contributed by atoms with Crippen molar-refractivity contribution in [3.8, 4) is 11.5 Å². The number of likely N-dealkylation sites (N-methyl/N-ethyl adjacent to an activating group) is 1. The Bertz CT molecular complexity index is 977. The third kappa shape index (κ3) is 5.94. The van der Waals surface area contributed by atoms with Gasteiger partial charge < -0.3 is 19.5 Å². The van der Waals surface area contributed by atoms with Crippen LogP contribution in [0.5, 0.6) is 11.5 Å². The van der Waals surface area contributed by atoms with E-state index >= 15 is 0 Å². The number of fused-ring (bicyclic) bond motifs is 1. The van der Waals surface area contributed by atoms with Gasteiger partial charge in [0, 0.05) is 37.8 Å². The van der Waals surface area contributed by atoms with E-state index in [1.165, 1.54) is 5.56 Å². The van der Waals surface area contributed by atoms with Crippen LogP contribution in [0.4, 0.5) is 0 Å². The van der Waals surface area contributed by atoms with E-state index in [-0.39, 0.29) is 6.10 Å². The van der Waals surface area contributed by atoms with Crippen LogP contribution in [-0.2, 0) is 6.54 Å². The van der Waals surface area contributed by atoms with Crippen molar-refractivity contribution in [2.24, 2.45) is 0 Å². The summed E-state index contributed by atoms with van der Waals surface area (Å²) in [5, 5.41) is 11.7. The van der Waals surface area contributed by atoms with Crippen LogP contribution in [0.25, 0.3) is 10.9 Å². The van der Waals surface area contributed by atoms with Crippen molar-refractivity contribution in [2.75, 3.05) is 40.3 Å². The molecule has 1 aliphatic rings. The lowest BCUT2D eigenvalue weighted by atomic mass is 10.0. The van der Waals surface area contributed by atoms with Crippen LogP contribution >= 0.6 is 0 Å². The highest BCUT2D eigenvalue weighted by atomic mass is 16.5. The van der Waals surface area contributed by atoms with Crippen LogP contribution in [0.3, 0.4) is 0 Å². The van der Waals surface area contributed by atoms with Crippen molar-refractivity contribution in [3.05, 3.63) is 66.4 Å². The molecule has 2 aromatic carbocycles. The first-order valence-corrected chi connectivity index (χ1v) is 10.9. The molecule has 31 heavy (non-hydrogen) atoms. The van der Waals surface area contributed by atoms with Crippen molar-refractivity contribution in [2.45, 2.75) is 25.2 Å². The fourth-order valence-electron chi connectivity index (χ4n) is 3.85. The number of aliphatic hydroxyl groups is 1. The molecule has 2 atom stereocenters. The molecule has 0 aliphatic carbocycles. The summed E-state index contributed by atoms with van der Waals surface area (Å²) >= 11 is 0. The van der Waals surface area contributed by atoms with E-state index in [9.17, 15) is 5.11 Å². The summed E-state index contributed by atoms with van der Waals surface area (Å²) < 4.78 is 11.9. The minimum Gasteiger partial charge on any atom is -0.492 e. The normalized spacial score (nSPS) is 19.6. The summed E-state index contributed by atoms with van der Waals surface area (Å²) in [7, 11) is 4.07. The van der Waals surface area contributed by atoms with Gasteiger partial charge in [-0.3, -0.25) is 9.88 Å². The van der Waals surface area contributed by atoms with Gasteiger partial charge in [-0.05, 0) is 62.5 Å². The Morgan fingerprint density at radius 1 is 1.10 bits per heavy atom. The molecule has 1 fully saturated rings. The van der Waals surface area contributed by atoms with Crippen molar-refractivity contribution in [3.63, 3.8) is 0 Å². The minimum atomic E-state index is -0.521. The Morgan fingerprint density at radius 2 is 1.90 bits per heavy atom. The number of β-amino-alcohol motifs (C(OH)–C–C–N with tert-alkyl or cyclic N) is 1. The Kier molecular flexibility index (Phi) is 7.02. The molecule has 6 nitrogen and oxygen atoms in total. The van der Waals surface area contributed by atoms with E-state index in [2.05, 4.69) is 26.9 Å². The molecule has 3 aromatic rings. The minimum absolute atomic E-state index is 0.196. The molecule has 1 saturated heterocycles. The number of hydrogen-bond donors (Lipinski definition) is 1. The number of hydrogen-bond acceptors (Lipinski definition) is 6. The molecule has 0 amide bonds. The number of pyridine rings is 1. The monoisotopic (exact) mass is 421 g/mol. The molecule has 0 spiro atoms. The first kappa shape index (κ1) is 21.6. The molecule has 1 N–H and O–H groups in total. The number of likely N-dealkylation sites (tertiary alicyclic amines) is 1. The number of aromatic nitrogens is 1. The van der Waals surface area contributed by atoms with Crippen LogP contribution in [0, 0.1) is 0 Å². The topological polar surface area (TPSA) is 58.1 Å². The second-order valence-electron chi connectivity index (χ2n) is 8.40. The van der Waals surface area contributed by atoms with Gasteiger partial charge >= 0.3 is 0 Å². The molecule has 6 heteroatoms. The van der Waals surface area contributed by atoms with Crippen LogP contribution in [-0.4, -0.2) is 72.4 Å². The van der Waals surface area contributed by atoms with Gasteiger partial charge in [-0.15, -0.1) is 0 Å². The number of rotatable bonds is 8. The van der Waals surface area contributed by atoms with Gasteiger partial charge in [0.25, 0.3) is 0 Å². The smallest absolute Gasteiger partial charge is 0.127 e. The lowest BCUT2D eigenvalue weighted by Gasteiger charge is -2.36. The highest BCUT2D eigenvalue weighted by Gasteiger charge is 2.29. The second-order valence-corrected chi connectivity index (χ2v) is 8.40. The highest BCUT2D eigenvalue weighted by molar-refractivity contribution is 5.79. The number of ether oxygens (including phenoxy) is 2. The van der Waals surface area contributed by atoms with E-state index in [0.717, 1.165) is 48.5 Å². The van der Waals surface area contributed by atoms with E-state index < -0.39 is 6.10 Å².